The summed E-state index contributed by atoms with van der Waals surface area (Å²) in [5, 5.41) is 0. The fraction of sp³-hybridized carbons (Fsp3) is 0.615. The van der Waals surface area contributed by atoms with Gasteiger partial charge < -0.3 is 16.4 Å². The van der Waals surface area contributed by atoms with Gasteiger partial charge >= 0.3 is 0 Å². The van der Waals surface area contributed by atoms with E-state index in [4.69, 9.17) is 11.5 Å². The van der Waals surface area contributed by atoms with Crippen LogP contribution in [0.5, 0.6) is 0 Å². The van der Waals surface area contributed by atoms with Crippen LogP contribution in [0.15, 0.2) is 12.1 Å². The number of anilines is 3. The molecule has 17 heavy (non-hydrogen) atoms. The van der Waals surface area contributed by atoms with Crippen LogP contribution < -0.4 is 16.4 Å². The largest absolute Gasteiger partial charge is 0.396 e. The van der Waals surface area contributed by atoms with Crippen LogP contribution in [0.1, 0.15) is 33.1 Å². The SMILES string of the molecule is CC(C)CCN(c1ccc(N)c(N)n1)C1CC1. The van der Waals surface area contributed by atoms with Gasteiger partial charge in [-0.25, -0.2) is 4.98 Å². The smallest absolute Gasteiger partial charge is 0.149 e. The molecule has 1 aromatic heterocycles. The zero-order chi connectivity index (χ0) is 12.4. The van der Waals surface area contributed by atoms with E-state index >= 15 is 0 Å². The molecule has 0 aromatic carbocycles. The average molecular weight is 234 g/mol. The van der Waals surface area contributed by atoms with Crippen LogP contribution in [0.25, 0.3) is 0 Å². The van der Waals surface area contributed by atoms with Gasteiger partial charge in [-0.15, -0.1) is 0 Å². The van der Waals surface area contributed by atoms with Crippen LogP contribution in [0.4, 0.5) is 17.3 Å². The Bertz CT molecular complexity index is 385. The zero-order valence-corrected chi connectivity index (χ0v) is 10.7. The summed E-state index contributed by atoms with van der Waals surface area (Å²) in [7, 11) is 0. The van der Waals surface area contributed by atoms with Crippen molar-refractivity contribution >= 4 is 17.3 Å². The Balaban J connectivity index is 2.11. The minimum absolute atomic E-state index is 0.442. The van der Waals surface area contributed by atoms with Gasteiger partial charge in [0.25, 0.3) is 0 Å². The summed E-state index contributed by atoms with van der Waals surface area (Å²) < 4.78 is 0. The predicted octanol–water partition coefficient (Wildman–Crippen LogP) is 2.26. The number of nitrogens with zero attached hydrogens (tertiary/aromatic N) is 2. The van der Waals surface area contributed by atoms with Crippen molar-refractivity contribution in [2.24, 2.45) is 5.92 Å². The van der Waals surface area contributed by atoms with Crippen molar-refractivity contribution in [2.45, 2.75) is 39.2 Å². The van der Waals surface area contributed by atoms with Gasteiger partial charge in [0.1, 0.15) is 11.6 Å². The molecule has 4 nitrogen and oxygen atoms in total. The molecule has 4 heteroatoms. The molecule has 0 spiro atoms. The summed E-state index contributed by atoms with van der Waals surface area (Å²) in [6.07, 6.45) is 3.72. The van der Waals surface area contributed by atoms with Gasteiger partial charge in [-0.05, 0) is 37.3 Å². The highest BCUT2D eigenvalue weighted by atomic mass is 15.2. The maximum Gasteiger partial charge on any atom is 0.149 e. The molecule has 0 aliphatic heterocycles. The van der Waals surface area contributed by atoms with Crippen molar-refractivity contribution in [2.75, 3.05) is 22.9 Å². The fourth-order valence-electron chi connectivity index (χ4n) is 1.90. The first-order valence-electron chi connectivity index (χ1n) is 6.36. The lowest BCUT2D eigenvalue weighted by atomic mass is 10.1. The van der Waals surface area contributed by atoms with Gasteiger partial charge in [0.2, 0.25) is 0 Å². The van der Waals surface area contributed by atoms with Crippen molar-refractivity contribution in [3.8, 4) is 0 Å². The molecule has 0 radical (unpaired) electrons. The van der Waals surface area contributed by atoms with E-state index in [1.54, 1.807) is 0 Å². The normalized spacial score (nSPS) is 15.2. The fourth-order valence-corrected chi connectivity index (χ4v) is 1.90. The van der Waals surface area contributed by atoms with Gasteiger partial charge in [0, 0.05) is 12.6 Å². The molecule has 94 valence electrons. The lowest BCUT2D eigenvalue weighted by Gasteiger charge is -2.24. The van der Waals surface area contributed by atoms with E-state index in [0.717, 1.165) is 12.4 Å². The predicted molar refractivity (Wildman–Crippen MR) is 72.9 cm³/mol. The van der Waals surface area contributed by atoms with Gasteiger partial charge in [0.05, 0.1) is 5.69 Å². The lowest BCUT2D eigenvalue weighted by Crippen LogP contribution is -2.28. The summed E-state index contributed by atoms with van der Waals surface area (Å²) >= 11 is 0. The van der Waals surface area contributed by atoms with Crippen molar-refractivity contribution in [3.05, 3.63) is 12.1 Å². The summed E-state index contributed by atoms with van der Waals surface area (Å²) in [4.78, 5) is 6.76. The van der Waals surface area contributed by atoms with Crippen molar-refractivity contribution < 1.29 is 0 Å². The first kappa shape index (κ1) is 12.0. The second-order valence-electron chi connectivity index (χ2n) is 5.25. The molecule has 1 aromatic rings. The monoisotopic (exact) mass is 234 g/mol. The van der Waals surface area contributed by atoms with E-state index in [2.05, 4.69) is 23.7 Å². The highest BCUT2D eigenvalue weighted by Gasteiger charge is 2.29. The highest BCUT2D eigenvalue weighted by Crippen LogP contribution is 2.32. The Labute approximate surface area is 103 Å². The minimum Gasteiger partial charge on any atom is -0.396 e. The molecule has 0 bridgehead atoms. The molecule has 1 aliphatic carbocycles. The highest BCUT2D eigenvalue weighted by molar-refractivity contribution is 5.62. The topological polar surface area (TPSA) is 68.2 Å². The van der Waals surface area contributed by atoms with Gasteiger partial charge in [0.15, 0.2) is 0 Å². The zero-order valence-electron chi connectivity index (χ0n) is 10.7. The molecule has 1 fully saturated rings. The van der Waals surface area contributed by atoms with Crippen molar-refractivity contribution in [1.82, 2.24) is 4.98 Å². The molecule has 0 saturated heterocycles. The number of rotatable bonds is 5. The summed E-state index contributed by atoms with van der Waals surface area (Å²) in [5.74, 6) is 2.12. The van der Waals surface area contributed by atoms with E-state index in [0.29, 0.717) is 23.5 Å². The third kappa shape index (κ3) is 3.02. The maximum absolute atomic E-state index is 5.77. The Hall–Kier alpha value is -1.45. The molecule has 1 aliphatic rings. The van der Waals surface area contributed by atoms with E-state index in [1.165, 1.54) is 19.3 Å². The number of nitrogens with two attached hydrogens (primary N) is 2. The van der Waals surface area contributed by atoms with Crippen molar-refractivity contribution in [1.29, 1.82) is 0 Å². The number of pyridine rings is 1. The number of hydrogen-bond donors (Lipinski definition) is 2. The number of nitrogen functional groups attached to an aromatic ring is 2. The quantitative estimate of drug-likeness (QED) is 0.820. The van der Waals surface area contributed by atoms with Crippen LogP contribution in [0.3, 0.4) is 0 Å². The molecule has 0 unspecified atom stereocenters. The second-order valence-corrected chi connectivity index (χ2v) is 5.25. The molecule has 4 N–H and O–H groups in total. The van der Waals surface area contributed by atoms with E-state index < -0.39 is 0 Å². The van der Waals surface area contributed by atoms with E-state index in [-0.39, 0.29) is 0 Å². The summed E-state index contributed by atoms with van der Waals surface area (Å²) in [6.45, 7) is 5.55. The lowest BCUT2D eigenvalue weighted by molar-refractivity contribution is 0.568. The standard InChI is InChI=1S/C13H22N4/c1-9(2)7-8-17(10-3-4-10)12-6-5-11(14)13(15)16-12/h5-6,9-10H,3-4,7-8,14H2,1-2H3,(H2,15,16). The van der Waals surface area contributed by atoms with Crippen LogP contribution in [0, 0.1) is 5.92 Å². The molecule has 1 saturated carbocycles. The Morgan fingerprint density at radius 1 is 1.35 bits per heavy atom. The molecule has 0 atom stereocenters. The molecular weight excluding hydrogens is 212 g/mol. The minimum atomic E-state index is 0.442. The first-order valence-corrected chi connectivity index (χ1v) is 6.36. The molecule has 0 amide bonds. The Morgan fingerprint density at radius 2 is 2.06 bits per heavy atom. The van der Waals surface area contributed by atoms with Crippen molar-refractivity contribution in [3.63, 3.8) is 0 Å². The summed E-state index contributed by atoms with van der Waals surface area (Å²) in [5.41, 5.74) is 12.0. The Kier molecular flexibility index (Phi) is 3.41. The third-order valence-electron chi connectivity index (χ3n) is 3.17. The second kappa shape index (κ2) is 4.82. The molecule has 2 rings (SSSR count). The van der Waals surface area contributed by atoms with E-state index in [1.807, 2.05) is 12.1 Å². The van der Waals surface area contributed by atoms with E-state index in [9.17, 15) is 0 Å². The van der Waals surface area contributed by atoms with Crippen LogP contribution >= 0.6 is 0 Å². The first-order chi connectivity index (χ1) is 8.08. The van der Waals surface area contributed by atoms with Gasteiger partial charge in [-0.3, -0.25) is 0 Å². The molecule has 1 heterocycles. The van der Waals surface area contributed by atoms with Gasteiger partial charge in [-0.2, -0.15) is 0 Å². The number of hydrogen-bond acceptors (Lipinski definition) is 4. The average Bonchev–Trinajstić information content (AvgIpc) is 3.07. The summed E-state index contributed by atoms with van der Waals surface area (Å²) in [6, 6.07) is 4.48. The third-order valence-corrected chi connectivity index (χ3v) is 3.17. The number of aromatic nitrogens is 1. The maximum atomic E-state index is 5.77. The van der Waals surface area contributed by atoms with Crippen LogP contribution in [-0.2, 0) is 0 Å². The van der Waals surface area contributed by atoms with Gasteiger partial charge in [-0.1, -0.05) is 13.8 Å². The Morgan fingerprint density at radius 3 is 2.59 bits per heavy atom. The van der Waals surface area contributed by atoms with Crippen LogP contribution in [0.2, 0.25) is 0 Å². The van der Waals surface area contributed by atoms with Crippen LogP contribution in [-0.4, -0.2) is 17.6 Å². The molecular formula is C13H22N4.